The number of aromatic nitrogens is 2. The summed E-state index contributed by atoms with van der Waals surface area (Å²) >= 11 is 0. The highest BCUT2D eigenvalue weighted by atomic mass is 19.1. The zero-order chi connectivity index (χ0) is 13.7. The molecule has 0 spiro atoms. The van der Waals surface area contributed by atoms with Crippen molar-refractivity contribution in [2.24, 2.45) is 0 Å². The van der Waals surface area contributed by atoms with E-state index in [1.807, 2.05) is 19.9 Å². The summed E-state index contributed by atoms with van der Waals surface area (Å²) in [6.45, 7) is 5.22. The van der Waals surface area contributed by atoms with Crippen molar-refractivity contribution < 1.29 is 9.13 Å². The van der Waals surface area contributed by atoms with Crippen LogP contribution in [0.1, 0.15) is 18.3 Å². The number of nitrogens with zero attached hydrogens (tertiary/aromatic N) is 1. The van der Waals surface area contributed by atoms with Crippen molar-refractivity contribution in [2.75, 3.05) is 6.61 Å². The molecule has 1 heterocycles. The van der Waals surface area contributed by atoms with Crippen LogP contribution in [0.5, 0.6) is 5.75 Å². The normalized spacial score (nSPS) is 12.4. The molecule has 19 heavy (non-hydrogen) atoms. The second-order valence-corrected chi connectivity index (χ2v) is 4.59. The fraction of sp³-hybridized carbons (Fsp3) is 0.357. The van der Waals surface area contributed by atoms with Gasteiger partial charge in [0.1, 0.15) is 18.2 Å². The van der Waals surface area contributed by atoms with E-state index in [2.05, 4.69) is 15.5 Å². The van der Waals surface area contributed by atoms with Crippen LogP contribution in [0.4, 0.5) is 4.39 Å². The highest BCUT2D eigenvalue weighted by Gasteiger charge is 2.04. The minimum atomic E-state index is -0.257. The summed E-state index contributed by atoms with van der Waals surface area (Å²) in [5, 5.41) is 10.4. The maximum Gasteiger partial charge on any atom is 0.123 e. The summed E-state index contributed by atoms with van der Waals surface area (Å²) in [5.41, 5.74) is 2.03. The molecule has 1 aromatic carbocycles. The second-order valence-electron chi connectivity index (χ2n) is 4.59. The Morgan fingerprint density at radius 1 is 1.37 bits per heavy atom. The third kappa shape index (κ3) is 4.37. The molecule has 0 aliphatic rings. The molecule has 0 radical (unpaired) electrons. The fourth-order valence-corrected chi connectivity index (χ4v) is 1.65. The molecule has 0 saturated carbocycles. The van der Waals surface area contributed by atoms with Crippen LogP contribution in [0, 0.1) is 12.7 Å². The van der Waals surface area contributed by atoms with Crippen LogP contribution >= 0.6 is 0 Å². The van der Waals surface area contributed by atoms with Gasteiger partial charge < -0.3 is 10.1 Å². The summed E-state index contributed by atoms with van der Waals surface area (Å²) in [6, 6.07) is 8.21. The Morgan fingerprint density at radius 3 is 2.74 bits per heavy atom. The van der Waals surface area contributed by atoms with E-state index in [0.717, 1.165) is 11.4 Å². The quantitative estimate of drug-likeness (QED) is 0.841. The molecule has 102 valence electrons. The largest absolute Gasteiger partial charge is 0.492 e. The van der Waals surface area contributed by atoms with Crippen molar-refractivity contribution in [3.8, 4) is 5.75 Å². The summed E-state index contributed by atoms with van der Waals surface area (Å²) in [7, 11) is 0. The Kier molecular flexibility index (Phi) is 4.52. The van der Waals surface area contributed by atoms with Crippen LogP contribution in [-0.2, 0) is 6.54 Å². The molecular weight excluding hydrogens is 245 g/mol. The van der Waals surface area contributed by atoms with Crippen LogP contribution in [0.2, 0.25) is 0 Å². The number of H-pyrrole nitrogens is 1. The summed E-state index contributed by atoms with van der Waals surface area (Å²) in [5.74, 6) is 0.415. The van der Waals surface area contributed by atoms with E-state index in [9.17, 15) is 4.39 Å². The first-order chi connectivity index (χ1) is 9.13. The third-order valence-corrected chi connectivity index (χ3v) is 2.70. The number of rotatable bonds is 6. The molecule has 2 N–H and O–H groups in total. The van der Waals surface area contributed by atoms with Crippen molar-refractivity contribution in [2.45, 2.75) is 26.4 Å². The van der Waals surface area contributed by atoms with Crippen molar-refractivity contribution in [1.82, 2.24) is 15.5 Å². The molecule has 0 fully saturated rings. The molecule has 0 aliphatic heterocycles. The zero-order valence-electron chi connectivity index (χ0n) is 11.1. The Labute approximate surface area is 112 Å². The number of hydrogen-bond donors (Lipinski definition) is 2. The number of ether oxygens (including phenoxy) is 1. The Balaban J connectivity index is 1.72. The topological polar surface area (TPSA) is 49.9 Å². The fourth-order valence-electron chi connectivity index (χ4n) is 1.65. The Bertz CT molecular complexity index is 510. The van der Waals surface area contributed by atoms with E-state index in [1.165, 1.54) is 12.1 Å². The van der Waals surface area contributed by atoms with Crippen molar-refractivity contribution in [1.29, 1.82) is 0 Å². The summed E-state index contributed by atoms with van der Waals surface area (Å²) < 4.78 is 18.3. The van der Waals surface area contributed by atoms with E-state index in [0.29, 0.717) is 18.9 Å². The monoisotopic (exact) mass is 263 g/mol. The Morgan fingerprint density at radius 2 is 2.11 bits per heavy atom. The highest BCUT2D eigenvalue weighted by molar-refractivity contribution is 5.22. The molecule has 1 atom stereocenters. The van der Waals surface area contributed by atoms with E-state index < -0.39 is 0 Å². The predicted octanol–water partition coefficient (Wildman–Crippen LogP) is 2.41. The molecular formula is C14H18FN3O. The number of aromatic amines is 1. The van der Waals surface area contributed by atoms with Crippen LogP contribution < -0.4 is 10.1 Å². The first kappa shape index (κ1) is 13.5. The Hall–Kier alpha value is -1.88. The lowest BCUT2D eigenvalue weighted by molar-refractivity contribution is 0.272. The molecule has 5 heteroatoms. The van der Waals surface area contributed by atoms with Gasteiger partial charge in [-0.25, -0.2) is 4.39 Å². The molecule has 2 aromatic rings. The molecule has 1 aromatic heterocycles. The maximum atomic E-state index is 12.7. The second kappa shape index (κ2) is 6.33. The SMILES string of the molecule is Cc1cc(CNC(C)COc2ccc(F)cc2)n[nH]1. The van der Waals surface area contributed by atoms with Gasteiger partial charge in [-0.3, -0.25) is 5.10 Å². The van der Waals surface area contributed by atoms with E-state index in [4.69, 9.17) is 4.74 Å². The average Bonchev–Trinajstić information content (AvgIpc) is 2.81. The third-order valence-electron chi connectivity index (χ3n) is 2.70. The smallest absolute Gasteiger partial charge is 0.123 e. The zero-order valence-corrected chi connectivity index (χ0v) is 11.1. The lowest BCUT2D eigenvalue weighted by atomic mass is 10.3. The predicted molar refractivity (Wildman–Crippen MR) is 71.5 cm³/mol. The molecule has 0 amide bonds. The molecule has 0 saturated heterocycles. The lowest BCUT2D eigenvalue weighted by Gasteiger charge is -2.14. The van der Waals surface area contributed by atoms with E-state index in [-0.39, 0.29) is 11.9 Å². The van der Waals surface area contributed by atoms with Gasteiger partial charge in [0.05, 0.1) is 5.69 Å². The van der Waals surface area contributed by atoms with Crippen LogP contribution in [0.25, 0.3) is 0 Å². The number of aryl methyl sites for hydroxylation is 1. The van der Waals surface area contributed by atoms with Crippen LogP contribution in [0.3, 0.4) is 0 Å². The number of nitrogens with one attached hydrogen (secondary N) is 2. The number of halogens is 1. The number of hydrogen-bond acceptors (Lipinski definition) is 3. The first-order valence-corrected chi connectivity index (χ1v) is 6.26. The van der Waals surface area contributed by atoms with Crippen LogP contribution in [0.15, 0.2) is 30.3 Å². The van der Waals surface area contributed by atoms with Gasteiger partial charge >= 0.3 is 0 Å². The molecule has 4 nitrogen and oxygen atoms in total. The van der Waals surface area contributed by atoms with Gasteiger partial charge in [-0.05, 0) is 44.2 Å². The molecule has 0 aliphatic carbocycles. The van der Waals surface area contributed by atoms with Crippen LogP contribution in [-0.4, -0.2) is 22.8 Å². The summed E-state index contributed by atoms with van der Waals surface area (Å²) in [6.07, 6.45) is 0. The first-order valence-electron chi connectivity index (χ1n) is 6.26. The van der Waals surface area contributed by atoms with Crippen molar-refractivity contribution in [3.63, 3.8) is 0 Å². The van der Waals surface area contributed by atoms with Gasteiger partial charge in [-0.15, -0.1) is 0 Å². The van der Waals surface area contributed by atoms with Gasteiger partial charge in [0.25, 0.3) is 0 Å². The lowest BCUT2D eigenvalue weighted by Crippen LogP contribution is -2.31. The van der Waals surface area contributed by atoms with Gasteiger partial charge in [0.15, 0.2) is 0 Å². The number of benzene rings is 1. The highest BCUT2D eigenvalue weighted by Crippen LogP contribution is 2.11. The van der Waals surface area contributed by atoms with Gasteiger partial charge in [0.2, 0.25) is 0 Å². The maximum absolute atomic E-state index is 12.7. The standard InChI is InChI=1S/C14H18FN3O/c1-10-7-13(18-17-10)8-16-11(2)9-19-14-5-3-12(15)4-6-14/h3-7,11,16H,8-9H2,1-2H3,(H,17,18). The summed E-state index contributed by atoms with van der Waals surface area (Å²) in [4.78, 5) is 0. The average molecular weight is 263 g/mol. The van der Waals surface area contributed by atoms with Gasteiger partial charge in [-0.1, -0.05) is 0 Å². The van der Waals surface area contributed by atoms with E-state index in [1.54, 1.807) is 12.1 Å². The van der Waals surface area contributed by atoms with Crippen molar-refractivity contribution >= 4 is 0 Å². The minimum absolute atomic E-state index is 0.182. The minimum Gasteiger partial charge on any atom is -0.492 e. The molecule has 2 rings (SSSR count). The molecule has 0 bridgehead atoms. The van der Waals surface area contributed by atoms with Gasteiger partial charge in [-0.2, -0.15) is 5.10 Å². The van der Waals surface area contributed by atoms with E-state index >= 15 is 0 Å². The van der Waals surface area contributed by atoms with Gasteiger partial charge in [0, 0.05) is 18.3 Å². The molecule has 1 unspecified atom stereocenters. The van der Waals surface area contributed by atoms with Crippen molar-refractivity contribution in [3.05, 3.63) is 47.5 Å².